The van der Waals surface area contributed by atoms with Crippen LogP contribution in [-0.2, 0) is 10.2 Å². The highest BCUT2D eigenvalue weighted by molar-refractivity contribution is 5.92. The van der Waals surface area contributed by atoms with Gasteiger partial charge in [0.25, 0.3) is 0 Å². The molecule has 17 heavy (non-hydrogen) atoms. The summed E-state index contributed by atoms with van der Waals surface area (Å²) >= 11 is 0. The molecule has 1 fully saturated rings. The summed E-state index contributed by atoms with van der Waals surface area (Å²) < 4.78 is 4.64. The molecule has 1 aromatic rings. The number of benzene rings is 1. The number of esters is 1. The summed E-state index contributed by atoms with van der Waals surface area (Å²) in [5, 5.41) is 9.63. The fourth-order valence-corrected chi connectivity index (χ4v) is 2.35. The van der Waals surface area contributed by atoms with E-state index in [0.717, 1.165) is 24.8 Å². The summed E-state index contributed by atoms with van der Waals surface area (Å²) in [7, 11) is 1.30. The number of hydrogen-bond acceptors (Lipinski definition) is 4. The SMILES string of the molecule is COC(=O)c1cc(C2(CN)CCC2)ccc1O. The second kappa shape index (κ2) is 4.37. The number of aromatic hydroxyl groups is 1. The molecule has 1 aliphatic rings. The maximum absolute atomic E-state index is 11.5. The minimum absolute atomic E-state index is 0.0174. The van der Waals surface area contributed by atoms with Crippen LogP contribution < -0.4 is 5.73 Å². The summed E-state index contributed by atoms with van der Waals surface area (Å²) in [5.41, 5.74) is 7.03. The molecule has 0 atom stereocenters. The van der Waals surface area contributed by atoms with Crippen LogP contribution in [0.1, 0.15) is 35.2 Å². The van der Waals surface area contributed by atoms with E-state index in [9.17, 15) is 9.90 Å². The molecule has 1 aromatic carbocycles. The van der Waals surface area contributed by atoms with Crippen LogP contribution >= 0.6 is 0 Å². The Morgan fingerprint density at radius 2 is 2.24 bits per heavy atom. The number of rotatable bonds is 3. The number of hydrogen-bond donors (Lipinski definition) is 2. The molecule has 1 saturated carbocycles. The topological polar surface area (TPSA) is 72.5 Å². The van der Waals surface area contributed by atoms with Gasteiger partial charge in [0.2, 0.25) is 0 Å². The Bertz CT molecular complexity index is 433. The van der Waals surface area contributed by atoms with Gasteiger partial charge in [-0.1, -0.05) is 12.5 Å². The Labute approximate surface area is 100 Å². The number of carbonyl (C=O) groups excluding carboxylic acids is 1. The predicted molar refractivity (Wildman–Crippen MR) is 64.0 cm³/mol. The van der Waals surface area contributed by atoms with Crippen LogP contribution in [0.25, 0.3) is 0 Å². The van der Waals surface area contributed by atoms with Crippen LogP contribution in [-0.4, -0.2) is 24.7 Å². The molecule has 0 unspecified atom stereocenters. The standard InChI is InChI=1S/C13H17NO3/c1-17-12(16)10-7-9(3-4-11(10)15)13(8-14)5-2-6-13/h3-4,7,15H,2,5-6,8,14H2,1H3. The molecule has 0 spiro atoms. The number of nitrogens with two attached hydrogens (primary N) is 1. The van der Waals surface area contributed by atoms with E-state index in [-0.39, 0.29) is 16.7 Å². The van der Waals surface area contributed by atoms with Crippen molar-refractivity contribution >= 4 is 5.97 Å². The molecular weight excluding hydrogens is 218 g/mol. The normalized spacial score (nSPS) is 17.3. The predicted octanol–water partition coefficient (Wildman–Crippen LogP) is 1.56. The lowest BCUT2D eigenvalue weighted by atomic mass is 9.64. The van der Waals surface area contributed by atoms with E-state index < -0.39 is 5.97 Å². The van der Waals surface area contributed by atoms with E-state index in [1.54, 1.807) is 6.07 Å². The molecule has 0 bridgehead atoms. The van der Waals surface area contributed by atoms with Crippen molar-refractivity contribution in [3.8, 4) is 5.75 Å². The molecule has 0 amide bonds. The molecule has 3 N–H and O–H groups in total. The Balaban J connectivity index is 2.40. The monoisotopic (exact) mass is 235 g/mol. The highest BCUT2D eigenvalue weighted by Crippen LogP contribution is 2.43. The van der Waals surface area contributed by atoms with Crippen LogP contribution in [0.4, 0.5) is 0 Å². The molecular formula is C13H17NO3. The van der Waals surface area contributed by atoms with Gasteiger partial charge in [-0.05, 0) is 30.5 Å². The quantitative estimate of drug-likeness (QED) is 0.780. The van der Waals surface area contributed by atoms with Crippen molar-refractivity contribution in [3.05, 3.63) is 29.3 Å². The molecule has 92 valence electrons. The van der Waals surface area contributed by atoms with Crippen molar-refractivity contribution in [1.29, 1.82) is 0 Å². The van der Waals surface area contributed by atoms with Gasteiger partial charge in [0.1, 0.15) is 11.3 Å². The number of ether oxygens (including phenoxy) is 1. The van der Waals surface area contributed by atoms with Crippen LogP contribution in [0.2, 0.25) is 0 Å². The van der Waals surface area contributed by atoms with Crippen molar-refractivity contribution < 1.29 is 14.6 Å². The van der Waals surface area contributed by atoms with E-state index >= 15 is 0 Å². The van der Waals surface area contributed by atoms with Gasteiger partial charge in [-0.25, -0.2) is 4.79 Å². The van der Waals surface area contributed by atoms with Crippen molar-refractivity contribution in [2.24, 2.45) is 5.73 Å². The summed E-state index contributed by atoms with van der Waals surface area (Å²) in [4.78, 5) is 11.5. The third-order valence-corrected chi connectivity index (χ3v) is 3.72. The average molecular weight is 235 g/mol. The van der Waals surface area contributed by atoms with Gasteiger partial charge in [-0.2, -0.15) is 0 Å². The van der Waals surface area contributed by atoms with Crippen molar-refractivity contribution in [3.63, 3.8) is 0 Å². The summed E-state index contributed by atoms with van der Waals surface area (Å²) in [6.45, 7) is 0.568. The lowest BCUT2D eigenvalue weighted by molar-refractivity contribution is 0.0597. The molecule has 0 saturated heterocycles. The second-order valence-electron chi connectivity index (χ2n) is 4.56. The van der Waals surface area contributed by atoms with E-state index in [1.807, 2.05) is 6.07 Å². The molecule has 0 heterocycles. The largest absolute Gasteiger partial charge is 0.507 e. The van der Waals surface area contributed by atoms with E-state index in [4.69, 9.17) is 5.73 Å². The minimum atomic E-state index is -0.518. The number of carbonyl (C=O) groups is 1. The fourth-order valence-electron chi connectivity index (χ4n) is 2.35. The Hall–Kier alpha value is -1.55. The van der Waals surface area contributed by atoms with Gasteiger partial charge in [-0.3, -0.25) is 0 Å². The third kappa shape index (κ3) is 1.89. The van der Waals surface area contributed by atoms with Crippen molar-refractivity contribution in [2.75, 3.05) is 13.7 Å². The minimum Gasteiger partial charge on any atom is -0.507 e. The highest BCUT2D eigenvalue weighted by Gasteiger charge is 2.37. The first kappa shape index (κ1) is 11.9. The molecule has 4 heteroatoms. The molecule has 0 aliphatic heterocycles. The van der Waals surface area contributed by atoms with E-state index in [0.29, 0.717) is 6.54 Å². The number of methoxy groups -OCH3 is 1. The summed E-state index contributed by atoms with van der Waals surface area (Å²) in [6, 6.07) is 5.08. The molecule has 1 aliphatic carbocycles. The van der Waals surface area contributed by atoms with Gasteiger partial charge >= 0.3 is 5.97 Å². The van der Waals surface area contributed by atoms with Crippen LogP contribution in [0.3, 0.4) is 0 Å². The van der Waals surface area contributed by atoms with Crippen LogP contribution in [0.15, 0.2) is 18.2 Å². The number of phenolic OH excluding ortho intramolecular Hbond substituents is 1. The third-order valence-electron chi connectivity index (χ3n) is 3.72. The summed E-state index contributed by atoms with van der Waals surface area (Å²) in [5.74, 6) is -0.567. The number of phenols is 1. The van der Waals surface area contributed by atoms with Crippen molar-refractivity contribution in [1.82, 2.24) is 0 Å². The van der Waals surface area contributed by atoms with E-state index in [1.165, 1.54) is 13.2 Å². The highest BCUT2D eigenvalue weighted by atomic mass is 16.5. The zero-order valence-corrected chi connectivity index (χ0v) is 9.90. The first-order chi connectivity index (χ1) is 8.13. The Morgan fingerprint density at radius 3 is 2.71 bits per heavy atom. The second-order valence-corrected chi connectivity index (χ2v) is 4.56. The maximum atomic E-state index is 11.5. The van der Waals surface area contributed by atoms with Gasteiger partial charge in [0.05, 0.1) is 7.11 Å². The first-order valence-electron chi connectivity index (χ1n) is 5.75. The van der Waals surface area contributed by atoms with Crippen LogP contribution in [0, 0.1) is 0 Å². The van der Waals surface area contributed by atoms with Gasteiger partial charge in [0, 0.05) is 12.0 Å². The lowest BCUT2D eigenvalue weighted by Crippen LogP contribution is -2.41. The fraction of sp³-hybridized carbons (Fsp3) is 0.462. The zero-order valence-electron chi connectivity index (χ0n) is 9.90. The van der Waals surface area contributed by atoms with Gasteiger partial charge in [0.15, 0.2) is 0 Å². The average Bonchev–Trinajstić information content (AvgIpc) is 2.29. The first-order valence-corrected chi connectivity index (χ1v) is 5.75. The molecule has 0 radical (unpaired) electrons. The van der Waals surface area contributed by atoms with Crippen molar-refractivity contribution in [2.45, 2.75) is 24.7 Å². The van der Waals surface area contributed by atoms with Gasteiger partial charge < -0.3 is 15.6 Å². The smallest absolute Gasteiger partial charge is 0.341 e. The Kier molecular flexibility index (Phi) is 3.07. The lowest BCUT2D eigenvalue weighted by Gasteiger charge is -2.41. The molecule has 4 nitrogen and oxygen atoms in total. The zero-order chi connectivity index (χ0) is 12.5. The van der Waals surface area contributed by atoms with Crippen LogP contribution in [0.5, 0.6) is 5.75 Å². The van der Waals surface area contributed by atoms with Gasteiger partial charge in [-0.15, -0.1) is 0 Å². The van der Waals surface area contributed by atoms with E-state index in [2.05, 4.69) is 4.74 Å². The Morgan fingerprint density at radius 1 is 1.53 bits per heavy atom. The molecule has 0 aromatic heterocycles. The maximum Gasteiger partial charge on any atom is 0.341 e. The molecule has 2 rings (SSSR count). The summed E-state index contributed by atoms with van der Waals surface area (Å²) in [6.07, 6.45) is 3.23.